The normalized spacial score (nSPS) is 10.4. The van der Waals surface area contributed by atoms with E-state index in [1.165, 1.54) is 5.30 Å². The van der Waals surface area contributed by atoms with E-state index in [1.54, 1.807) is 0 Å². The zero-order valence-corrected chi connectivity index (χ0v) is 10.5. The van der Waals surface area contributed by atoms with Crippen molar-refractivity contribution in [1.29, 1.82) is 0 Å². The van der Waals surface area contributed by atoms with E-state index in [9.17, 15) is 0 Å². The third-order valence-corrected chi connectivity index (χ3v) is 5.08. The molecule has 1 aromatic rings. The average Bonchev–Trinajstić information content (AvgIpc) is 1.88. The Kier molecular flexibility index (Phi) is 3.86. The van der Waals surface area contributed by atoms with Crippen LogP contribution >= 0.6 is 52.2 Å². The highest BCUT2D eigenvalue weighted by Crippen LogP contribution is 2.51. The molecule has 10 heavy (non-hydrogen) atoms. The van der Waals surface area contributed by atoms with Crippen LogP contribution in [0.3, 0.4) is 0 Å². The van der Waals surface area contributed by atoms with Crippen molar-refractivity contribution >= 4 is 57.5 Å². The number of rotatable bonds is 1. The molecule has 4 heteroatoms. The molecule has 0 radical (unpaired) electrons. The van der Waals surface area contributed by atoms with E-state index in [1.807, 2.05) is 18.2 Å². The summed E-state index contributed by atoms with van der Waals surface area (Å²) in [6.45, 7) is 0. The summed E-state index contributed by atoms with van der Waals surface area (Å²) in [7, 11) is 0. The van der Waals surface area contributed by atoms with Crippen LogP contribution in [0.15, 0.2) is 28.7 Å². The quantitative estimate of drug-likeness (QED) is 0.669. The molecular weight excluding hydrogens is 343 g/mol. The van der Waals surface area contributed by atoms with E-state index < -0.39 is 0 Å². The van der Waals surface area contributed by atoms with Gasteiger partial charge in [-0.3, -0.25) is 0 Å². The van der Waals surface area contributed by atoms with Crippen molar-refractivity contribution in [2.24, 2.45) is 0 Å². The fourth-order valence-corrected chi connectivity index (χ4v) is 5.12. The number of hydrogen-bond acceptors (Lipinski definition) is 0. The summed E-state index contributed by atoms with van der Waals surface area (Å²) in [4.78, 5) is 0. The zero-order valence-electron chi connectivity index (χ0n) is 4.89. The minimum absolute atomic E-state index is 0.338. The van der Waals surface area contributed by atoms with Crippen LogP contribution in [0.2, 0.25) is 0 Å². The molecule has 0 bridgehead atoms. The lowest BCUT2D eigenvalue weighted by atomic mass is 10.4. The first-order valence-corrected chi connectivity index (χ1v) is 8.75. The molecule has 0 saturated carbocycles. The molecule has 1 rings (SSSR count). The van der Waals surface area contributed by atoms with Crippen LogP contribution in [0.25, 0.3) is 0 Å². The molecule has 54 valence electrons. The van der Waals surface area contributed by atoms with Gasteiger partial charge in [0.05, 0.1) is 5.33 Å². The molecular formula is C6H4Br3P. The van der Waals surface area contributed by atoms with Crippen LogP contribution in [0.4, 0.5) is 0 Å². The Labute approximate surface area is 85.8 Å². The predicted octanol–water partition coefficient (Wildman–Crippen LogP) is 4.18. The first-order chi connectivity index (χ1) is 4.72. The standard InChI is InChI=1S/C6H4Br3P/c7-5-3-1-2-4-6(5)10(8)9/h1-4H. The molecule has 0 atom stereocenters. The van der Waals surface area contributed by atoms with E-state index in [-0.39, 0.29) is 5.33 Å². The Morgan fingerprint density at radius 1 is 1.10 bits per heavy atom. The largest absolute Gasteiger partial charge is 0.0666 e. The molecule has 1 aromatic carbocycles. The van der Waals surface area contributed by atoms with Crippen LogP contribution in [0, 0.1) is 0 Å². The van der Waals surface area contributed by atoms with Gasteiger partial charge in [0.2, 0.25) is 0 Å². The van der Waals surface area contributed by atoms with Gasteiger partial charge in [-0.15, -0.1) is 0 Å². The average molecular weight is 347 g/mol. The van der Waals surface area contributed by atoms with Gasteiger partial charge in [-0.2, -0.15) is 0 Å². The molecule has 0 fully saturated rings. The summed E-state index contributed by atoms with van der Waals surface area (Å²) in [5.41, 5.74) is 0. The van der Waals surface area contributed by atoms with Gasteiger partial charge in [0.25, 0.3) is 0 Å². The molecule has 0 heterocycles. The highest BCUT2D eigenvalue weighted by atomic mass is 79.9. The summed E-state index contributed by atoms with van der Waals surface area (Å²) in [5.74, 6) is 0. The Balaban J connectivity index is 3.03. The molecule has 0 saturated heterocycles. The second-order valence-corrected chi connectivity index (χ2v) is 10.6. The van der Waals surface area contributed by atoms with Crippen LogP contribution in [-0.2, 0) is 0 Å². The van der Waals surface area contributed by atoms with Gasteiger partial charge in [-0.05, 0) is 37.0 Å². The van der Waals surface area contributed by atoms with E-state index in [4.69, 9.17) is 0 Å². The second-order valence-electron chi connectivity index (χ2n) is 1.68. The lowest BCUT2D eigenvalue weighted by Gasteiger charge is -2.02. The van der Waals surface area contributed by atoms with Crippen molar-refractivity contribution in [3.8, 4) is 0 Å². The van der Waals surface area contributed by atoms with Crippen molar-refractivity contribution < 1.29 is 0 Å². The number of hydrogen-bond donors (Lipinski definition) is 0. The highest BCUT2D eigenvalue weighted by Gasteiger charge is 2.04. The van der Waals surface area contributed by atoms with Gasteiger partial charge < -0.3 is 0 Å². The van der Waals surface area contributed by atoms with Gasteiger partial charge in [0, 0.05) is 9.78 Å². The summed E-state index contributed by atoms with van der Waals surface area (Å²) >= 11 is 10.4. The van der Waals surface area contributed by atoms with Crippen molar-refractivity contribution in [1.82, 2.24) is 0 Å². The Morgan fingerprint density at radius 2 is 1.70 bits per heavy atom. The molecule has 0 aromatic heterocycles. The molecule has 0 aliphatic heterocycles. The van der Waals surface area contributed by atoms with Crippen LogP contribution in [0.5, 0.6) is 0 Å². The van der Waals surface area contributed by atoms with Crippen molar-refractivity contribution in [3.63, 3.8) is 0 Å². The van der Waals surface area contributed by atoms with Crippen molar-refractivity contribution in [3.05, 3.63) is 28.7 Å². The summed E-state index contributed by atoms with van der Waals surface area (Å²) in [6.07, 6.45) is 0. The molecule has 0 spiro atoms. The molecule has 0 nitrogen and oxygen atoms in total. The Hall–Kier alpha value is 1.09. The maximum atomic E-state index is 3.48. The SMILES string of the molecule is Brc1ccccc1P(Br)Br. The smallest absolute Gasteiger partial charge is 0.0615 e. The van der Waals surface area contributed by atoms with E-state index >= 15 is 0 Å². The van der Waals surface area contributed by atoms with E-state index in [0.717, 1.165) is 4.47 Å². The minimum atomic E-state index is -0.338. The molecule has 0 aliphatic carbocycles. The summed E-state index contributed by atoms with van der Waals surface area (Å²) in [6, 6.07) is 8.15. The fraction of sp³-hybridized carbons (Fsp3) is 0. The fourth-order valence-electron chi connectivity index (χ4n) is 0.589. The monoisotopic (exact) mass is 344 g/mol. The molecule has 0 N–H and O–H groups in total. The van der Waals surface area contributed by atoms with E-state index in [2.05, 4.69) is 53.0 Å². The third kappa shape index (κ3) is 2.30. The lowest BCUT2D eigenvalue weighted by molar-refractivity contribution is 1.72. The first-order valence-electron chi connectivity index (χ1n) is 2.58. The predicted molar refractivity (Wildman–Crippen MR) is 58.6 cm³/mol. The van der Waals surface area contributed by atoms with Gasteiger partial charge in [-0.1, -0.05) is 34.1 Å². The first kappa shape index (κ1) is 9.18. The number of benzene rings is 1. The van der Waals surface area contributed by atoms with Crippen molar-refractivity contribution in [2.75, 3.05) is 0 Å². The molecule has 0 aliphatic rings. The van der Waals surface area contributed by atoms with E-state index in [0.29, 0.717) is 0 Å². The molecule has 0 unspecified atom stereocenters. The van der Waals surface area contributed by atoms with Gasteiger partial charge in [0.15, 0.2) is 0 Å². The topological polar surface area (TPSA) is 0 Å². The lowest BCUT2D eigenvalue weighted by Crippen LogP contribution is -1.94. The van der Waals surface area contributed by atoms with Gasteiger partial charge in [0.1, 0.15) is 0 Å². The molecule has 0 amide bonds. The summed E-state index contributed by atoms with van der Waals surface area (Å²) in [5, 5.41) is 0.937. The van der Waals surface area contributed by atoms with Gasteiger partial charge >= 0.3 is 0 Å². The van der Waals surface area contributed by atoms with Crippen molar-refractivity contribution in [2.45, 2.75) is 0 Å². The minimum Gasteiger partial charge on any atom is -0.0615 e. The van der Waals surface area contributed by atoms with Crippen LogP contribution in [0.1, 0.15) is 0 Å². The third-order valence-electron chi connectivity index (χ3n) is 1.03. The summed E-state index contributed by atoms with van der Waals surface area (Å²) < 4.78 is 1.15. The van der Waals surface area contributed by atoms with Gasteiger partial charge in [-0.25, -0.2) is 0 Å². The maximum Gasteiger partial charge on any atom is 0.0666 e. The number of halogens is 3. The maximum absolute atomic E-state index is 3.48. The van der Waals surface area contributed by atoms with Crippen LogP contribution < -0.4 is 5.30 Å². The van der Waals surface area contributed by atoms with Crippen LogP contribution in [-0.4, -0.2) is 0 Å². The Morgan fingerprint density at radius 3 is 2.10 bits per heavy atom. The zero-order chi connectivity index (χ0) is 7.56. The highest BCUT2D eigenvalue weighted by molar-refractivity contribution is 9.70. The Bertz CT molecular complexity index is 224. The second kappa shape index (κ2) is 4.20.